The monoisotopic (exact) mass is 234 g/mol. The number of nitrogens with zero attached hydrogens (tertiary/aromatic N) is 2. The number of benzene rings is 1. The maximum atomic E-state index is 8.81. The number of halogens is 1. The van der Waals surface area contributed by atoms with Crippen molar-refractivity contribution in [3.63, 3.8) is 0 Å². The van der Waals surface area contributed by atoms with Crippen LogP contribution in [0.3, 0.4) is 0 Å². The molecule has 2 rings (SSSR count). The van der Waals surface area contributed by atoms with Gasteiger partial charge in [0.25, 0.3) is 0 Å². The average molecular weight is 235 g/mol. The minimum Gasteiger partial charge on any atom is -0.371 e. The number of piperidine rings is 1. The summed E-state index contributed by atoms with van der Waals surface area (Å²) in [4.78, 5) is 2.34. The fourth-order valence-electron chi connectivity index (χ4n) is 2.06. The molecule has 1 saturated heterocycles. The zero-order valence-electron chi connectivity index (χ0n) is 9.41. The smallest absolute Gasteiger partial charge is 0.101 e. The second-order valence-corrected chi connectivity index (χ2v) is 4.85. The Kier molecular flexibility index (Phi) is 3.36. The Morgan fingerprint density at radius 3 is 2.62 bits per heavy atom. The van der Waals surface area contributed by atoms with Crippen LogP contribution in [0.5, 0.6) is 0 Å². The molecule has 1 aliphatic rings. The third-order valence-electron chi connectivity index (χ3n) is 3.22. The van der Waals surface area contributed by atoms with Crippen LogP contribution in [0.1, 0.15) is 25.3 Å². The van der Waals surface area contributed by atoms with Gasteiger partial charge in [0.05, 0.1) is 10.6 Å². The van der Waals surface area contributed by atoms with E-state index in [1.807, 2.05) is 12.1 Å². The maximum absolute atomic E-state index is 8.81. The molecule has 0 atom stereocenters. The molecule has 1 aromatic rings. The van der Waals surface area contributed by atoms with E-state index >= 15 is 0 Å². The minimum absolute atomic E-state index is 0.552. The van der Waals surface area contributed by atoms with Gasteiger partial charge in [0.1, 0.15) is 6.07 Å². The van der Waals surface area contributed by atoms with E-state index in [-0.39, 0.29) is 0 Å². The molecule has 0 unspecified atom stereocenters. The first-order valence-corrected chi connectivity index (χ1v) is 6.03. The van der Waals surface area contributed by atoms with E-state index in [1.165, 1.54) is 12.8 Å². The van der Waals surface area contributed by atoms with Gasteiger partial charge in [-0.1, -0.05) is 18.5 Å². The van der Waals surface area contributed by atoms with E-state index in [9.17, 15) is 0 Å². The third-order valence-corrected chi connectivity index (χ3v) is 3.53. The van der Waals surface area contributed by atoms with Crippen LogP contribution in [-0.4, -0.2) is 13.1 Å². The van der Waals surface area contributed by atoms with E-state index in [1.54, 1.807) is 6.07 Å². The Morgan fingerprint density at radius 1 is 1.38 bits per heavy atom. The van der Waals surface area contributed by atoms with E-state index < -0.39 is 0 Å². The summed E-state index contributed by atoms with van der Waals surface area (Å²) < 4.78 is 0. The quantitative estimate of drug-likeness (QED) is 0.744. The molecule has 0 radical (unpaired) electrons. The van der Waals surface area contributed by atoms with Crippen molar-refractivity contribution < 1.29 is 0 Å². The van der Waals surface area contributed by atoms with Crippen LogP contribution in [0.25, 0.3) is 0 Å². The van der Waals surface area contributed by atoms with Gasteiger partial charge < -0.3 is 4.90 Å². The lowest BCUT2D eigenvalue weighted by molar-refractivity contribution is 0.438. The number of nitriles is 1. The lowest BCUT2D eigenvalue weighted by Gasteiger charge is -2.32. The summed E-state index contributed by atoms with van der Waals surface area (Å²) in [6.07, 6.45) is 2.47. The molecule has 1 aromatic carbocycles. The molecule has 1 aliphatic heterocycles. The van der Waals surface area contributed by atoms with Gasteiger partial charge in [-0.2, -0.15) is 5.26 Å². The molecule has 0 bridgehead atoms. The average Bonchev–Trinajstić information content (AvgIpc) is 2.30. The summed E-state index contributed by atoms with van der Waals surface area (Å²) in [5.41, 5.74) is 1.69. The Labute approximate surface area is 101 Å². The van der Waals surface area contributed by atoms with Gasteiger partial charge >= 0.3 is 0 Å². The van der Waals surface area contributed by atoms with E-state index in [2.05, 4.69) is 17.9 Å². The number of anilines is 1. The molecule has 0 aromatic heterocycles. The summed E-state index contributed by atoms with van der Waals surface area (Å²) in [5, 5.41) is 9.36. The van der Waals surface area contributed by atoms with Crippen molar-refractivity contribution in [2.45, 2.75) is 19.8 Å². The number of rotatable bonds is 1. The molecule has 1 heterocycles. The normalized spacial score (nSPS) is 17.2. The van der Waals surface area contributed by atoms with Crippen LogP contribution < -0.4 is 4.90 Å². The van der Waals surface area contributed by atoms with Crippen molar-refractivity contribution in [2.75, 3.05) is 18.0 Å². The Bertz CT molecular complexity index is 414. The Balaban J connectivity index is 2.16. The van der Waals surface area contributed by atoms with E-state index in [0.29, 0.717) is 10.6 Å². The first-order valence-electron chi connectivity index (χ1n) is 5.65. The highest BCUT2D eigenvalue weighted by Crippen LogP contribution is 2.26. The maximum Gasteiger partial charge on any atom is 0.101 e. The van der Waals surface area contributed by atoms with Crippen molar-refractivity contribution in [1.29, 1.82) is 5.26 Å². The summed E-state index contributed by atoms with van der Waals surface area (Å²) in [7, 11) is 0. The molecule has 0 N–H and O–H groups in total. The predicted octanol–water partition coefficient (Wildman–Crippen LogP) is 3.45. The predicted molar refractivity (Wildman–Crippen MR) is 66.8 cm³/mol. The molecule has 16 heavy (non-hydrogen) atoms. The topological polar surface area (TPSA) is 27.0 Å². The first-order chi connectivity index (χ1) is 7.70. The lowest BCUT2D eigenvalue weighted by Crippen LogP contribution is -2.32. The Hall–Kier alpha value is -1.20. The fraction of sp³-hybridized carbons (Fsp3) is 0.462. The van der Waals surface area contributed by atoms with Crippen molar-refractivity contribution in [3.05, 3.63) is 28.8 Å². The molecular weight excluding hydrogens is 220 g/mol. The van der Waals surface area contributed by atoms with Gasteiger partial charge in [0.2, 0.25) is 0 Å². The second-order valence-electron chi connectivity index (χ2n) is 4.45. The van der Waals surface area contributed by atoms with Crippen LogP contribution in [-0.2, 0) is 0 Å². The van der Waals surface area contributed by atoms with Crippen LogP contribution in [0.4, 0.5) is 5.69 Å². The van der Waals surface area contributed by atoms with Crippen LogP contribution in [0.15, 0.2) is 18.2 Å². The first kappa shape index (κ1) is 11.3. The van der Waals surface area contributed by atoms with Crippen LogP contribution >= 0.6 is 11.6 Å². The number of hydrogen-bond donors (Lipinski definition) is 0. The standard InChI is InChI=1S/C13H15ClN2/c1-10-4-6-16(7-5-10)12-3-2-11(9-15)13(14)8-12/h2-3,8,10H,4-7H2,1H3. The van der Waals surface area contributed by atoms with Gasteiger partial charge in [0.15, 0.2) is 0 Å². The molecule has 2 nitrogen and oxygen atoms in total. The lowest BCUT2D eigenvalue weighted by atomic mass is 9.99. The van der Waals surface area contributed by atoms with Gasteiger partial charge in [-0.05, 0) is 37.0 Å². The molecule has 3 heteroatoms. The van der Waals surface area contributed by atoms with Crippen molar-refractivity contribution in [1.82, 2.24) is 0 Å². The van der Waals surface area contributed by atoms with E-state index in [0.717, 1.165) is 24.7 Å². The highest BCUT2D eigenvalue weighted by Gasteiger charge is 2.16. The molecule has 0 amide bonds. The minimum atomic E-state index is 0.552. The SMILES string of the molecule is CC1CCN(c2ccc(C#N)c(Cl)c2)CC1. The fourth-order valence-corrected chi connectivity index (χ4v) is 2.28. The second kappa shape index (κ2) is 4.76. The van der Waals surface area contributed by atoms with Crippen LogP contribution in [0, 0.1) is 17.2 Å². The van der Waals surface area contributed by atoms with Crippen molar-refractivity contribution >= 4 is 17.3 Å². The van der Waals surface area contributed by atoms with Gasteiger partial charge in [-0.25, -0.2) is 0 Å². The van der Waals surface area contributed by atoms with Crippen molar-refractivity contribution in [2.24, 2.45) is 5.92 Å². The highest BCUT2D eigenvalue weighted by atomic mass is 35.5. The zero-order chi connectivity index (χ0) is 11.5. The molecule has 0 spiro atoms. The number of hydrogen-bond acceptors (Lipinski definition) is 2. The zero-order valence-corrected chi connectivity index (χ0v) is 10.2. The molecule has 0 saturated carbocycles. The molecular formula is C13H15ClN2. The Morgan fingerprint density at radius 2 is 2.06 bits per heavy atom. The van der Waals surface area contributed by atoms with Crippen LogP contribution in [0.2, 0.25) is 5.02 Å². The highest BCUT2D eigenvalue weighted by molar-refractivity contribution is 6.32. The molecule has 1 fully saturated rings. The summed E-state index contributed by atoms with van der Waals surface area (Å²) in [5.74, 6) is 0.824. The van der Waals surface area contributed by atoms with Gasteiger partial charge in [-0.15, -0.1) is 0 Å². The molecule has 84 valence electrons. The van der Waals surface area contributed by atoms with Gasteiger partial charge in [0, 0.05) is 18.8 Å². The van der Waals surface area contributed by atoms with Crippen molar-refractivity contribution in [3.8, 4) is 6.07 Å². The van der Waals surface area contributed by atoms with E-state index in [4.69, 9.17) is 16.9 Å². The third kappa shape index (κ3) is 2.31. The largest absolute Gasteiger partial charge is 0.371 e. The summed E-state index contributed by atoms with van der Waals surface area (Å²) in [6, 6.07) is 7.77. The molecule has 0 aliphatic carbocycles. The van der Waals surface area contributed by atoms with Gasteiger partial charge in [-0.3, -0.25) is 0 Å². The summed E-state index contributed by atoms with van der Waals surface area (Å²) >= 11 is 6.03. The summed E-state index contributed by atoms with van der Waals surface area (Å²) in [6.45, 7) is 4.47.